The minimum absolute atomic E-state index is 0.256. The molecular formula is C15H16N7OS2+. The summed E-state index contributed by atoms with van der Waals surface area (Å²) in [6, 6.07) is 10.9. The molecule has 0 radical (unpaired) electrons. The maximum atomic E-state index is 11.8. The summed E-state index contributed by atoms with van der Waals surface area (Å²) in [6.07, 6.45) is 0. The van der Waals surface area contributed by atoms with E-state index in [1.54, 1.807) is 0 Å². The second kappa shape index (κ2) is 7.90. The molecule has 0 fully saturated rings. The second-order valence-electron chi connectivity index (χ2n) is 4.99. The minimum atomic E-state index is -0.256. The summed E-state index contributed by atoms with van der Waals surface area (Å²) in [5.74, 6) is 1.05. The number of aromatic nitrogens is 4. The van der Waals surface area contributed by atoms with Crippen LogP contribution in [0, 0.1) is 6.92 Å². The highest BCUT2D eigenvalue weighted by molar-refractivity contribution is 8.00. The van der Waals surface area contributed by atoms with Crippen LogP contribution < -0.4 is 21.6 Å². The van der Waals surface area contributed by atoms with Crippen molar-refractivity contribution in [3.63, 3.8) is 0 Å². The van der Waals surface area contributed by atoms with Crippen LogP contribution in [0.1, 0.15) is 10.7 Å². The average molecular weight is 374 g/mol. The lowest BCUT2D eigenvalue weighted by Crippen LogP contribution is -2.73. The van der Waals surface area contributed by atoms with Gasteiger partial charge >= 0.3 is 5.95 Å². The summed E-state index contributed by atoms with van der Waals surface area (Å²) in [6.45, 7) is 1.90. The van der Waals surface area contributed by atoms with E-state index >= 15 is 0 Å². The van der Waals surface area contributed by atoms with Crippen molar-refractivity contribution in [1.29, 1.82) is 0 Å². The normalized spacial score (nSPS) is 11.5. The van der Waals surface area contributed by atoms with Crippen LogP contribution in [0.5, 0.6) is 0 Å². The van der Waals surface area contributed by atoms with Crippen molar-refractivity contribution in [2.45, 2.75) is 17.0 Å². The van der Waals surface area contributed by atoms with E-state index < -0.39 is 0 Å². The molecule has 8 nitrogen and oxygen atoms in total. The average Bonchev–Trinajstić information content (AvgIpc) is 2.99. The van der Waals surface area contributed by atoms with Crippen LogP contribution in [0.4, 0.5) is 11.6 Å². The zero-order valence-electron chi connectivity index (χ0n) is 13.3. The zero-order valence-corrected chi connectivity index (χ0v) is 14.9. The maximum absolute atomic E-state index is 11.8. The third kappa shape index (κ3) is 5.13. The van der Waals surface area contributed by atoms with Gasteiger partial charge < -0.3 is 5.73 Å². The van der Waals surface area contributed by atoms with Gasteiger partial charge in [0, 0.05) is 6.07 Å². The molecule has 25 heavy (non-hydrogen) atoms. The molecule has 3 rings (SSSR count). The van der Waals surface area contributed by atoms with Crippen molar-refractivity contribution in [2.75, 3.05) is 5.32 Å². The van der Waals surface area contributed by atoms with E-state index in [2.05, 4.69) is 30.5 Å². The van der Waals surface area contributed by atoms with E-state index in [1.165, 1.54) is 29.2 Å². The number of hydrogen-bond donors (Lipinski definition) is 4. The number of para-hydroxylation sites is 1. The summed E-state index contributed by atoms with van der Waals surface area (Å²) in [7, 11) is 0. The Kier molecular flexibility index (Phi) is 5.41. The fourth-order valence-corrected chi connectivity index (χ4v) is 3.66. The van der Waals surface area contributed by atoms with Gasteiger partial charge in [-0.3, -0.25) is 10.1 Å². The summed E-state index contributed by atoms with van der Waals surface area (Å²) < 4.78 is 0.839. The molecule has 2 aromatic heterocycles. The van der Waals surface area contributed by atoms with Gasteiger partial charge in [-0.1, -0.05) is 41.3 Å². The number of rotatable bonds is 5. The molecule has 1 aromatic carbocycles. The lowest BCUT2D eigenvalue weighted by molar-refractivity contribution is -0.365. The Balaban J connectivity index is 1.72. The largest absolute Gasteiger partial charge is 0.325 e. The molecule has 0 unspecified atom stereocenters. The number of thioether (sulfide) groups is 1. The minimum Gasteiger partial charge on any atom is -0.322 e. The molecule has 10 heteroatoms. The first-order valence-electron chi connectivity index (χ1n) is 7.33. The molecule has 0 aliphatic heterocycles. The lowest BCUT2D eigenvalue weighted by atomic mass is 10.3. The van der Waals surface area contributed by atoms with Crippen molar-refractivity contribution in [2.24, 2.45) is 5.73 Å². The number of aryl methyl sites for hydroxylation is 1. The van der Waals surface area contributed by atoms with Crippen molar-refractivity contribution < 1.29 is 4.99 Å². The Morgan fingerprint density at radius 3 is 2.88 bits per heavy atom. The van der Waals surface area contributed by atoms with Gasteiger partial charge in [0.25, 0.3) is 11.5 Å². The molecule has 0 atom stereocenters. The van der Waals surface area contributed by atoms with Crippen molar-refractivity contribution in [1.82, 2.24) is 20.2 Å². The predicted molar refractivity (Wildman–Crippen MR) is 98.9 cm³/mol. The molecule has 0 saturated carbocycles. The van der Waals surface area contributed by atoms with E-state index in [9.17, 15) is 4.79 Å². The van der Waals surface area contributed by atoms with Gasteiger partial charge in [-0.15, -0.1) is 15.2 Å². The topological polar surface area (TPSA) is 124 Å². The number of nitrogens with two attached hydrogens (primary N) is 1. The number of nitrogens with zero attached hydrogens (tertiary/aromatic N) is 3. The third-order valence-electron chi connectivity index (χ3n) is 2.95. The molecule has 2 heterocycles. The van der Waals surface area contributed by atoms with E-state index in [0.29, 0.717) is 11.4 Å². The Labute approximate surface area is 151 Å². The Hall–Kier alpha value is -2.72. The Morgan fingerprint density at radius 1 is 1.36 bits per heavy atom. The van der Waals surface area contributed by atoms with E-state index in [0.717, 1.165) is 15.0 Å². The van der Waals surface area contributed by atoms with Gasteiger partial charge in [0.15, 0.2) is 4.34 Å². The molecule has 0 spiro atoms. The van der Waals surface area contributed by atoms with Crippen molar-refractivity contribution >= 4 is 40.7 Å². The monoisotopic (exact) mass is 374 g/mol. The number of nitrogens with one attached hydrogen (secondary N) is 3. The smallest absolute Gasteiger partial charge is 0.322 e. The molecule has 0 amide bonds. The number of hydrogen-bond acceptors (Lipinski definition) is 6. The highest BCUT2D eigenvalue weighted by Gasteiger charge is 2.09. The van der Waals surface area contributed by atoms with Crippen LogP contribution >= 0.6 is 23.1 Å². The number of anilines is 1. The van der Waals surface area contributed by atoms with Gasteiger partial charge in [0.1, 0.15) is 10.7 Å². The SMILES string of the molecule is Cc1nnc(SCc2cc(=O)[nH]c([NH+]=C(N)Nc3ccccc3)n2)s1. The molecule has 5 N–H and O–H groups in total. The molecule has 0 aliphatic carbocycles. The maximum Gasteiger partial charge on any atom is 0.325 e. The summed E-state index contributed by atoms with van der Waals surface area (Å²) in [4.78, 5) is 21.7. The number of guanidine groups is 1. The van der Waals surface area contributed by atoms with E-state index in [4.69, 9.17) is 5.73 Å². The van der Waals surface area contributed by atoms with Gasteiger partial charge in [-0.2, -0.15) is 0 Å². The Bertz CT molecular complexity index is 936. The van der Waals surface area contributed by atoms with Crippen LogP contribution in [-0.2, 0) is 5.75 Å². The quantitative estimate of drug-likeness (QED) is 0.289. The zero-order chi connectivity index (χ0) is 17.6. The predicted octanol–water partition coefficient (Wildman–Crippen LogP) is 0.361. The van der Waals surface area contributed by atoms with E-state index in [-0.39, 0.29) is 17.5 Å². The van der Waals surface area contributed by atoms with Gasteiger partial charge in [0.2, 0.25) is 0 Å². The standard InChI is InChI=1S/C15H15N7OS2/c1-9-21-22-15(25-9)24-8-11-7-12(23)19-14(18-11)20-13(16)17-10-5-3-2-4-6-10/h2-7H,8H2,1H3,(H4,16,17,18,19,20,23)/p+1. The van der Waals surface area contributed by atoms with Crippen LogP contribution in [-0.4, -0.2) is 26.1 Å². The molecular weight excluding hydrogens is 358 g/mol. The van der Waals surface area contributed by atoms with Crippen LogP contribution in [0.3, 0.4) is 0 Å². The van der Waals surface area contributed by atoms with Gasteiger partial charge in [0.05, 0.1) is 11.4 Å². The highest BCUT2D eigenvalue weighted by atomic mass is 32.2. The molecule has 0 saturated heterocycles. The second-order valence-corrected chi connectivity index (χ2v) is 7.39. The van der Waals surface area contributed by atoms with E-state index in [1.807, 2.05) is 37.3 Å². The van der Waals surface area contributed by atoms with Crippen LogP contribution in [0.2, 0.25) is 0 Å². The van der Waals surface area contributed by atoms with Crippen molar-refractivity contribution in [3.8, 4) is 0 Å². The third-order valence-corrected chi connectivity index (χ3v) is 4.96. The molecule has 0 bridgehead atoms. The number of H-pyrrole nitrogens is 1. The summed E-state index contributed by atoms with van der Waals surface area (Å²) in [5, 5.41) is 11.9. The van der Waals surface area contributed by atoms with Gasteiger partial charge in [-0.05, 0) is 19.1 Å². The first-order chi connectivity index (χ1) is 12.1. The first kappa shape index (κ1) is 17.1. The fourth-order valence-electron chi connectivity index (χ4n) is 1.95. The first-order valence-corrected chi connectivity index (χ1v) is 9.13. The summed E-state index contributed by atoms with van der Waals surface area (Å²) >= 11 is 2.99. The van der Waals surface area contributed by atoms with Crippen LogP contribution in [0.15, 0.2) is 45.5 Å². The summed E-state index contributed by atoms with van der Waals surface area (Å²) in [5.41, 5.74) is 7.11. The lowest BCUT2D eigenvalue weighted by Gasteiger charge is -2.01. The van der Waals surface area contributed by atoms with Crippen molar-refractivity contribution in [3.05, 3.63) is 57.5 Å². The fraction of sp³-hybridized carbons (Fsp3) is 0.133. The molecule has 3 aromatic rings. The highest BCUT2D eigenvalue weighted by Crippen LogP contribution is 2.24. The number of benzene rings is 1. The number of aromatic amines is 1. The molecule has 128 valence electrons. The Morgan fingerprint density at radius 2 is 2.16 bits per heavy atom. The van der Waals surface area contributed by atoms with Crippen LogP contribution in [0.25, 0.3) is 0 Å². The van der Waals surface area contributed by atoms with Gasteiger partial charge in [-0.25, -0.2) is 9.98 Å². The molecule has 0 aliphatic rings.